The Morgan fingerprint density at radius 2 is 2.08 bits per heavy atom. The average molecular weight is 364 g/mol. The number of nitrogens with one attached hydrogen (secondary N) is 1. The number of sulfone groups is 1. The van der Waals surface area contributed by atoms with Crippen molar-refractivity contribution in [2.24, 2.45) is 0 Å². The van der Waals surface area contributed by atoms with Gasteiger partial charge in [-0.1, -0.05) is 24.3 Å². The van der Waals surface area contributed by atoms with Gasteiger partial charge in [0, 0.05) is 11.4 Å². The second-order valence-electron chi connectivity index (χ2n) is 5.74. The predicted octanol–water partition coefficient (Wildman–Crippen LogP) is 3.20. The van der Waals surface area contributed by atoms with Crippen molar-refractivity contribution >= 4 is 27.2 Å². The predicted molar refractivity (Wildman–Crippen MR) is 94.8 cm³/mol. The van der Waals surface area contributed by atoms with E-state index >= 15 is 0 Å². The summed E-state index contributed by atoms with van der Waals surface area (Å²) >= 11 is 1.62. The molecule has 1 aliphatic heterocycles. The first kappa shape index (κ1) is 17.0. The number of carbonyl (C=O) groups is 1. The van der Waals surface area contributed by atoms with Crippen molar-refractivity contribution in [1.82, 2.24) is 10.2 Å². The lowest BCUT2D eigenvalue weighted by Crippen LogP contribution is -2.42. The van der Waals surface area contributed by atoms with Gasteiger partial charge in [-0.2, -0.15) is 0 Å². The van der Waals surface area contributed by atoms with E-state index in [1.54, 1.807) is 34.4 Å². The van der Waals surface area contributed by atoms with Crippen LogP contribution in [0.25, 0.3) is 0 Å². The fourth-order valence-corrected chi connectivity index (χ4v) is 5.24. The number of thiophene rings is 1. The molecule has 128 valence electrons. The standard InChI is InChI=1S/C17H20N2O3S2/c1-2-19(12-13-6-5-10-23-13)17(20)18-15-9-11-24(21,22)16-8-4-3-7-14(15)16/h3-8,10,15H,2,9,11-12H2,1H3,(H,18,20). The van der Waals surface area contributed by atoms with Gasteiger partial charge in [0.25, 0.3) is 0 Å². The Balaban J connectivity index is 1.77. The Labute approximate surface area is 146 Å². The van der Waals surface area contributed by atoms with Crippen LogP contribution < -0.4 is 5.32 Å². The van der Waals surface area contributed by atoms with Gasteiger partial charge in [-0.25, -0.2) is 13.2 Å². The molecule has 1 aromatic heterocycles. The molecule has 3 rings (SSSR count). The largest absolute Gasteiger partial charge is 0.331 e. The lowest BCUT2D eigenvalue weighted by molar-refractivity contribution is 0.193. The molecule has 5 nitrogen and oxygen atoms in total. The zero-order chi connectivity index (χ0) is 17.2. The SMILES string of the molecule is CCN(Cc1cccs1)C(=O)NC1CCS(=O)(=O)c2ccccc21. The van der Waals surface area contributed by atoms with Crippen LogP contribution in [0.5, 0.6) is 0 Å². The van der Waals surface area contributed by atoms with E-state index in [0.717, 1.165) is 4.88 Å². The van der Waals surface area contributed by atoms with Gasteiger partial charge in [0.2, 0.25) is 0 Å². The maximum Gasteiger partial charge on any atom is 0.318 e. The molecule has 0 radical (unpaired) electrons. The molecule has 0 aliphatic carbocycles. The van der Waals surface area contributed by atoms with Crippen LogP contribution in [0.3, 0.4) is 0 Å². The van der Waals surface area contributed by atoms with Crippen molar-refractivity contribution in [3.05, 3.63) is 52.2 Å². The van der Waals surface area contributed by atoms with Crippen molar-refractivity contribution < 1.29 is 13.2 Å². The monoisotopic (exact) mass is 364 g/mol. The van der Waals surface area contributed by atoms with Crippen LogP contribution in [0.2, 0.25) is 0 Å². The summed E-state index contributed by atoms with van der Waals surface area (Å²) < 4.78 is 24.4. The fraction of sp³-hybridized carbons (Fsp3) is 0.353. The number of carbonyl (C=O) groups excluding carboxylic acids is 1. The van der Waals surface area contributed by atoms with Crippen LogP contribution in [0.4, 0.5) is 4.79 Å². The van der Waals surface area contributed by atoms with Gasteiger partial charge in [0.1, 0.15) is 0 Å². The summed E-state index contributed by atoms with van der Waals surface area (Å²) in [6, 6.07) is 10.5. The zero-order valence-electron chi connectivity index (χ0n) is 13.4. The third kappa shape index (κ3) is 3.47. The molecule has 0 fully saturated rings. The van der Waals surface area contributed by atoms with Crippen molar-refractivity contribution in [3.63, 3.8) is 0 Å². The van der Waals surface area contributed by atoms with E-state index in [9.17, 15) is 13.2 Å². The summed E-state index contributed by atoms with van der Waals surface area (Å²) in [4.78, 5) is 15.8. The Morgan fingerprint density at radius 1 is 1.29 bits per heavy atom. The average Bonchev–Trinajstić information content (AvgIpc) is 3.08. The minimum atomic E-state index is -3.24. The quantitative estimate of drug-likeness (QED) is 0.906. The molecule has 1 aromatic carbocycles. The van der Waals surface area contributed by atoms with Gasteiger partial charge >= 0.3 is 6.03 Å². The first-order chi connectivity index (χ1) is 11.5. The Morgan fingerprint density at radius 3 is 2.79 bits per heavy atom. The third-order valence-corrected chi connectivity index (χ3v) is 6.87. The molecule has 1 atom stereocenters. The van der Waals surface area contributed by atoms with E-state index < -0.39 is 9.84 Å². The normalized spacial score (nSPS) is 18.6. The summed E-state index contributed by atoms with van der Waals surface area (Å²) in [7, 11) is -3.24. The number of rotatable bonds is 4. The second kappa shape index (κ2) is 6.94. The minimum Gasteiger partial charge on any atom is -0.331 e. The lowest BCUT2D eigenvalue weighted by atomic mass is 10.0. The summed E-state index contributed by atoms with van der Waals surface area (Å²) in [5.74, 6) is 0.0615. The summed E-state index contributed by atoms with van der Waals surface area (Å²) in [6.45, 7) is 3.09. The van der Waals surface area contributed by atoms with Crippen LogP contribution in [0.15, 0.2) is 46.7 Å². The number of fused-ring (bicyclic) bond motifs is 1. The van der Waals surface area contributed by atoms with Gasteiger partial charge < -0.3 is 10.2 Å². The van der Waals surface area contributed by atoms with Crippen LogP contribution in [-0.2, 0) is 16.4 Å². The smallest absolute Gasteiger partial charge is 0.318 e. The van der Waals surface area contributed by atoms with Crippen molar-refractivity contribution in [3.8, 4) is 0 Å². The molecule has 0 saturated heterocycles. The highest BCUT2D eigenvalue weighted by atomic mass is 32.2. The van der Waals surface area contributed by atoms with Crippen LogP contribution in [-0.4, -0.2) is 31.6 Å². The van der Waals surface area contributed by atoms with E-state index in [1.807, 2.05) is 30.5 Å². The number of hydrogen-bond donors (Lipinski definition) is 1. The van der Waals surface area contributed by atoms with Crippen LogP contribution >= 0.6 is 11.3 Å². The summed E-state index contributed by atoms with van der Waals surface area (Å²) in [5.41, 5.74) is 0.685. The number of nitrogens with zero attached hydrogens (tertiary/aromatic N) is 1. The molecular formula is C17H20N2O3S2. The highest BCUT2D eigenvalue weighted by Crippen LogP contribution is 2.32. The molecule has 24 heavy (non-hydrogen) atoms. The zero-order valence-corrected chi connectivity index (χ0v) is 15.1. The maximum atomic E-state index is 12.6. The van der Waals surface area contributed by atoms with E-state index in [4.69, 9.17) is 0 Å². The molecule has 1 unspecified atom stereocenters. The van der Waals surface area contributed by atoms with E-state index in [1.165, 1.54) is 0 Å². The fourth-order valence-electron chi connectivity index (χ4n) is 2.90. The molecule has 1 aliphatic rings. The minimum absolute atomic E-state index is 0.0615. The molecule has 1 N–H and O–H groups in total. The van der Waals surface area contributed by atoms with Gasteiger partial charge in [-0.15, -0.1) is 11.3 Å². The van der Waals surface area contributed by atoms with Crippen LogP contribution in [0.1, 0.15) is 29.8 Å². The summed E-state index contributed by atoms with van der Waals surface area (Å²) in [5, 5.41) is 4.99. The molecule has 2 aromatic rings. The van der Waals surface area contributed by atoms with Gasteiger partial charge in [0.15, 0.2) is 9.84 Å². The lowest BCUT2D eigenvalue weighted by Gasteiger charge is -2.29. The molecular weight excluding hydrogens is 344 g/mol. The first-order valence-electron chi connectivity index (χ1n) is 7.91. The maximum absolute atomic E-state index is 12.6. The number of amides is 2. The van der Waals surface area contributed by atoms with Crippen molar-refractivity contribution in [2.75, 3.05) is 12.3 Å². The van der Waals surface area contributed by atoms with E-state index in [2.05, 4.69) is 5.32 Å². The number of hydrogen-bond acceptors (Lipinski definition) is 4. The third-order valence-electron chi connectivity index (χ3n) is 4.20. The Hall–Kier alpha value is -1.86. The first-order valence-corrected chi connectivity index (χ1v) is 10.4. The van der Waals surface area contributed by atoms with Gasteiger partial charge in [-0.05, 0) is 36.4 Å². The Bertz CT molecular complexity index is 816. The molecule has 7 heteroatoms. The molecule has 0 saturated carbocycles. The topological polar surface area (TPSA) is 66.5 Å². The molecule has 2 amide bonds. The van der Waals surface area contributed by atoms with E-state index in [0.29, 0.717) is 30.0 Å². The second-order valence-corrected chi connectivity index (χ2v) is 8.85. The van der Waals surface area contributed by atoms with Gasteiger partial charge in [-0.3, -0.25) is 0 Å². The summed E-state index contributed by atoms with van der Waals surface area (Å²) in [6.07, 6.45) is 0.404. The Kier molecular flexibility index (Phi) is 4.91. The van der Waals surface area contributed by atoms with Gasteiger partial charge in [0.05, 0.1) is 23.2 Å². The van der Waals surface area contributed by atoms with Crippen molar-refractivity contribution in [2.45, 2.75) is 30.8 Å². The van der Waals surface area contributed by atoms with E-state index in [-0.39, 0.29) is 17.8 Å². The molecule has 0 spiro atoms. The number of urea groups is 1. The van der Waals surface area contributed by atoms with Crippen molar-refractivity contribution in [1.29, 1.82) is 0 Å². The highest BCUT2D eigenvalue weighted by Gasteiger charge is 2.31. The molecule has 0 bridgehead atoms. The highest BCUT2D eigenvalue weighted by molar-refractivity contribution is 7.91. The number of benzene rings is 1. The molecule has 2 heterocycles. The van der Waals surface area contributed by atoms with Crippen LogP contribution in [0, 0.1) is 0 Å².